The minimum absolute atomic E-state index is 0. The fourth-order valence-electron chi connectivity index (χ4n) is 3.40. The van der Waals surface area contributed by atoms with Crippen LogP contribution >= 0.6 is 12.4 Å². The Kier molecular flexibility index (Phi) is 5.08. The molecule has 1 saturated carbocycles. The summed E-state index contributed by atoms with van der Waals surface area (Å²) in [6, 6.07) is 3.84. The largest absolute Gasteiger partial charge is 0.481 e. The Morgan fingerprint density at radius 3 is 2.85 bits per heavy atom. The first kappa shape index (κ1) is 18.1. The molecule has 0 aromatic carbocycles. The predicted molar refractivity (Wildman–Crippen MR) is 99.7 cm³/mol. The van der Waals surface area contributed by atoms with Crippen molar-refractivity contribution < 1.29 is 9.90 Å². The Morgan fingerprint density at radius 2 is 2.19 bits per heavy atom. The standard InChI is InChI=1S/C18H18N4O3.ClH/c23-13(24)4-2-8-22-16(11-5-6-11)14(12-3-1-7-19-9-12)15-17(22)18(25)21-10-20-15;/h1,3,7,9-11H,2,4-6,8H2,(H,23,24)(H,20,21,25);1H. The smallest absolute Gasteiger partial charge is 0.303 e. The van der Waals surface area contributed by atoms with Gasteiger partial charge in [0.15, 0.2) is 0 Å². The first-order chi connectivity index (χ1) is 12.2. The fraction of sp³-hybridized carbons (Fsp3) is 0.333. The molecule has 7 nitrogen and oxygen atoms in total. The highest BCUT2D eigenvalue weighted by molar-refractivity contribution is 5.95. The minimum atomic E-state index is -0.830. The molecule has 26 heavy (non-hydrogen) atoms. The second kappa shape index (κ2) is 7.29. The molecule has 0 atom stereocenters. The number of pyridine rings is 1. The van der Waals surface area contributed by atoms with Crippen LogP contribution in [0.5, 0.6) is 0 Å². The van der Waals surface area contributed by atoms with Crippen molar-refractivity contribution in [3.63, 3.8) is 0 Å². The van der Waals surface area contributed by atoms with Gasteiger partial charge in [-0.15, -0.1) is 12.4 Å². The number of aryl methyl sites for hydroxylation is 1. The van der Waals surface area contributed by atoms with E-state index in [0.29, 0.717) is 29.9 Å². The van der Waals surface area contributed by atoms with Gasteiger partial charge in [-0.25, -0.2) is 4.98 Å². The van der Waals surface area contributed by atoms with Crippen LogP contribution in [0.25, 0.3) is 22.2 Å². The molecule has 136 valence electrons. The van der Waals surface area contributed by atoms with E-state index in [1.165, 1.54) is 6.33 Å². The number of aliphatic carboxylic acids is 1. The summed E-state index contributed by atoms with van der Waals surface area (Å²) in [5.41, 5.74) is 3.95. The van der Waals surface area contributed by atoms with Gasteiger partial charge in [0.05, 0.1) is 6.33 Å². The molecule has 3 heterocycles. The lowest BCUT2D eigenvalue weighted by Crippen LogP contribution is -2.13. The van der Waals surface area contributed by atoms with Crippen LogP contribution in [0.15, 0.2) is 35.6 Å². The lowest BCUT2D eigenvalue weighted by molar-refractivity contribution is -0.137. The zero-order chi connectivity index (χ0) is 17.4. The molecule has 2 N–H and O–H groups in total. The molecule has 0 saturated heterocycles. The molecule has 4 rings (SSSR count). The Balaban J connectivity index is 0.00000196. The average Bonchev–Trinajstić information content (AvgIpc) is 3.38. The normalized spacial score (nSPS) is 13.5. The first-order valence-electron chi connectivity index (χ1n) is 8.38. The number of fused-ring (bicyclic) bond motifs is 1. The number of rotatable bonds is 6. The van der Waals surface area contributed by atoms with Crippen molar-refractivity contribution in [3.05, 3.63) is 46.9 Å². The van der Waals surface area contributed by atoms with Crippen LogP contribution < -0.4 is 5.56 Å². The lowest BCUT2D eigenvalue weighted by atomic mass is 10.0. The molecule has 8 heteroatoms. The van der Waals surface area contributed by atoms with Crippen LogP contribution in [0, 0.1) is 0 Å². The molecule has 3 aromatic rings. The second-order valence-electron chi connectivity index (χ2n) is 6.35. The second-order valence-corrected chi connectivity index (χ2v) is 6.35. The molecule has 0 amide bonds. The maximum Gasteiger partial charge on any atom is 0.303 e. The van der Waals surface area contributed by atoms with E-state index in [-0.39, 0.29) is 24.4 Å². The highest BCUT2D eigenvalue weighted by Gasteiger charge is 2.33. The minimum Gasteiger partial charge on any atom is -0.481 e. The van der Waals surface area contributed by atoms with Gasteiger partial charge < -0.3 is 14.7 Å². The maximum absolute atomic E-state index is 12.5. The van der Waals surface area contributed by atoms with Gasteiger partial charge in [0.25, 0.3) is 5.56 Å². The molecule has 1 fully saturated rings. The van der Waals surface area contributed by atoms with Gasteiger partial charge in [0.2, 0.25) is 0 Å². The van der Waals surface area contributed by atoms with E-state index >= 15 is 0 Å². The summed E-state index contributed by atoms with van der Waals surface area (Å²) in [5, 5.41) is 8.94. The van der Waals surface area contributed by atoms with Gasteiger partial charge in [0.1, 0.15) is 11.0 Å². The quantitative estimate of drug-likeness (QED) is 0.690. The van der Waals surface area contributed by atoms with Gasteiger partial charge in [-0.05, 0) is 31.2 Å². The molecule has 0 aliphatic heterocycles. The molecular formula is C18H19ClN4O3. The summed E-state index contributed by atoms with van der Waals surface area (Å²) >= 11 is 0. The zero-order valence-electron chi connectivity index (χ0n) is 14.0. The molecule has 1 aliphatic rings. The molecule has 0 unspecified atom stereocenters. The number of H-pyrrole nitrogens is 1. The lowest BCUT2D eigenvalue weighted by Gasteiger charge is -2.10. The van der Waals surface area contributed by atoms with Crippen molar-refractivity contribution in [1.29, 1.82) is 0 Å². The molecule has 0 bridgehead atoms. The van der Waals surface area contributed by atoms with E-state index in [9.17, 15) is 9.59 Å². The maximum atomic E-state index is 12.5. The number of hydrogen-bond acceptors (Lipinski definition) is 4. The van der Waals surface area contributed by atoms with E-state index in [0.717, 1.165) is 29.7 Å². The third-order valence-electron chi connectivity index (χ3n) is 4.57. The van der Waals surface area contributed by atoms with E-state index in [4.69, 9.17) is 5.11 Å². The van der Waals surface area contributed by atoms with Crippen molar-refractivity contribution in [3.8, 4) is 11.1 Å². The van der Waals surface area contributed by atoms with Crippen molar-refractivity contribution in [1.82, 2.24) is 19.5 Å². The third-order valence-corrected chi connectivity index (χ3v) is 4.57. The van der Waals surface area contributed by atoms with Crippen LogP contribution in [-0.2, 0) is 11.3 Å². The number of carbonyl (C=O) groups is 1. The van der Waals surface area contributed by atoms with Crippen molar-refractivity contribution >= 4 is 29.4 Å². The van der Waals surface area contributed by atoms with Crippen molar-refractivity contribution in [2.45, 2.75) is 38.1 Å². The summed E-state index contributed by atoms with van der Waals surface area (Å²) < 4.78 is 1.98. The van der Waals surface area contributed by atoms with Gasteiger partial charge in [0, 0.05) is 42.2 Å². The number of hydrogen-bond donors (Lipinski definition) is 2. The molecule has 3 aromatic heterocycles. The fourth-order valence-corrected chi connectivity index (χ4v) is 3.40. The Labute approximate surface area is 155 Å². The monoisotopic (exact) mass is 374 g/mol. The zero-order valence-corrected chi connectivity index (χ0v) is 14.8. The predicted octanol–water partition coefficient (Wildman–Crippen LogP) is 2.95. The van der Waals surface area contributed by atoms with Crippen molar-refractivity contribution in [2.75, 3.05) is 0 Å². The number of nitrogens with zero attached hydrogens (tertiary/aromatic N) is 3. The van der Waals surface area contributed by atoms with E-state index < -0.39 is 5.97 Å². The number of aromatic amines is 1. The number of aromatic nitrogens is 4. The molecule has 0 radical (unpaired) electrons. The number of carboxylic acid groups (broad SMARTS) is 1. The number of carboxylic acids is 1. The van der Waals surface area contributed by atoms with Gasteiger partial charge >= 0.3 is 5.97 Å². The van der Waals surface area contributed by atoms with E-state index in [1.807, 2.05) is 16.7 Å². The third kappa shape index (κ3) is 3.22. The summed E-state index contributed by atoms with van der Waals surface area (Å²) in [6.07, 6.45) is 7.60. The summed E-state index contributed by atoms with van der Waals surface area (Å²) in [7, 11) is 0. The van der Waals surface area contributed by atoms with Crippen LogP contribution in [0.4, 0.5) is 0 Å². The highest BCUT2D eigenvalue weighted by Crippen LogP contribution is 2.47. The Bertz CT molecular complexity index is 993. The molecule has 0 spiro atoms. The van der Waals surface area contributed by atoms with Gasteiger partial charge in [-0.3, -0.25) is 14.6 Å². The average molecular weight is 375 g/mol. The van der Waals surface area contributed by atoms with Gasteiger partial charge in [-0.1, -0.05) is 6.07 Å². The van der Waals surface area contributed by atoms with Crippen LogP contribution in [0.2, 0.25) is 0 Å². The Hall–Kier alpha value is -2.67. The summed E-state index contributed by atoms with van der Waals surface area (Å²) in [6.45, 7) is 0.490. The number of nitrogens with one attached hydrogen (secondary N) is 1. The summed E-state index contributed by atoms with van der Waals surface area (Å²) in [4.78, 5) is 34.7. The summed E-state index contributed by atoms with van der Waals surface area (Å²) in [5.74, 6) is -0.447. The Morgan fingerprint density at radius 1 is 1.38 bits per heavy atom. The van der Waals surface area contributed by atoms with E-state index in [2.05, 4.69) is 15.0 Å². The van der Waals surface area contributed by atoms with Crippen molar-refractivity contribution in [2.24, 2.45) is 0 Å². The SMILES string of the molecule is Cl.O=C(O)CCCn1c(C2CC2)c(-c2cccnc2)c2nc[nH]c(=O)c21. The number of halogens is 1. The first-order valence-corrected chi connectivity index (χ1v) is 8.38. The molecular weight excluding hydrogens is 356 g/mol. The van der Waals surface area contributed by atoms with Gasteiger partial charge in [-0.2, -0.15) is 0 Å². The van der Waals surface area contributed by atoms with Crippen LogP contribution in [-0.4, -0.2) is 30.6 Å². The highest BCUT2D eigenvalue weighted by atomic mass is 35.5. The van der Waals surface area contributed by atoms with Crippen LogP contribution in [0.1, 0.15) is 37.3 Å². The molecule has 1 aliphatic carbocycles. The van der Waals surface area contributed by atoms with Crippen LogP contribution in [0.3, 0.4) is 0 Å². The topological polar surface area (TPSA) is 101 Å². The van der Waals surface area contributed by atoms with E-state index in [1.54, 1.807) is 12.4 Å².